The van der Waals surface area contributed by atoms with Gasteiger partial charge in [-0.05, 0) is 35.9 Å². The Morgan fingerprint density at radius 3 is 2.11 bits per heavy atom. The second-order valence-electron chi connectivity index (χ2n) is 3.85. The molecular formula is C12H12N2O3S. The molecule has 0 heterocycles. The summed E-state index contributed by atoms with van der Waals surface area (Å²) in [6, 6.07) is 10.9. The van der Waals surface area contributed by atoms with Crippen LogP contribution in [0.4, 0.5) is 11.4 Å². The Labute approximate surface area is 105 Å². The van der Waals surface area contributed by atoms with E-state index in [1.165, 1.54) is 18.2 Å². The van der Waals surface area contributed by atoms with Crippen molar-refractivity contribution < 1.29 is 13.0 Å². The van der Waals surface area contributed by atoms with Crippen LogP contribution in [0.3, 0.4) is 0 Å². The van der Waals surface area contributed by atoms with Crippen molar-refractivity contribution in [2.24, 2.45) is 0 Å². The molecule has 0 aliphatic rings. The molecule has 0 amide bonds. The van der Waals surface area contributed by atoms with Gasteiger partial charge >= 0.3 is 0 Å². The van der Waals surface area contributed by atoms with E-state index in [1.807, 2.05) is 0 Å². The lowest BCUT2D eigenvalue weighted by Crippen LogP contribution is -2.00. The number of benzene rings is 2. The van der Waals surface area contributed by atoms with Crippen molar-refractivity contribution in [2.75, 3.05) is 11.5 Å². The maximum Gasteiger partial charge on any atom is 0.294 e. The van der Waals surface area contributed by atoms with E-state index in [-0.39, 0.29) is 4.90 Å². The van der Waals surface area contributed by atoms with Crippen LogP contribution in [0.15, 0.2) is 47.4 Å². The molecule has 0 fully saturated rings. The molecule has 5 N–H and O–H groups in total. The number of hydrogen-bond acceptors (Lipinski definition) is 4. The van der Waals surface area contributed by atoms with Gasteiger partial charge in [-0.1, -0.05) is 12.1 Å². The average molecular weight is 264 g/mol. The molecule has 5 nitrogen and oxygen atoms in total. The summed E-state index contributed by atoms with van der Waals surface area (Å²) in [5.74, 6) is 0. The Morgan fingerprint density at radius 1 is 0.944 bits per heavy atom. The van der Waals surface area contributed by atoms with Gasteiger partial charge in [0.2, 0.25) is 0 Å². The maximum absolute atomic E-state index is 11.1. The Kier molecular flexibility index (Phi) is 2.98. The van der Waals surface area contributed by atoms with Crippen molar-refractivity contribution in [3.05, 3.63) is 42.5 Å². The highest BCUT2D eigenvalue weighted by atomic mass is 32.2. The zero-order valence-corrected chi connectivity index (χ0v) is 10.2. The first-order valence-corrected chi connectivity index (χ1v) is 6.55. The van der Waals surface area contributed by atoms with Crippen molar-refractivity contribution in [2.45, 2.75) is 4.90 Å². The third-order valence-electron chi connectivity index (χ3n) is 2.54. The topological polar surface area (TPSA) is 106 Å². The minimum Gasteiger partial charge on any atom is -0.399 e. The van der Waals surface area contributed by atoms with Crippen LogP contribution >= 0.6 is 0 Å². The summed E-state index contributed by atoms with van der Waals surface area (Å²) in [7, 11) is -4.24. The van der Waals surface area contributed by atoms with Crippen molar-refractivity contribution in [3.63, 3.8) is 0 Å². The summed E-state index contributed by atoms with van der Waals surface area (Å²) in [6.07, 6.45) is 0. The van der Waals surface area contributed by atoms with Gasteiger partial charge in [0.1, 0.15) is 0 Å². The summed E-state index contributed by atoms with van der Waals surface area (Å²) < 4.78 is 31.2. The van der Waals surface area contributed by atoms with Crippen molar-refractivity contribution in [1.29, 1.82) is 0 Å². The highest BCUT2D eigenvalue weighted by Gasteiger charge is 2.12. The van der Waals surface area contributed by atoms with E-state index in [0.717, 1.165) is 5.56 Å². The fourth-order valence-corrected chi connectivity index (χ4v) is 2.12. The number of hydrogen-bond donors (Lipinski definition) is 3. The van der Waals surface area contributed by atoms with E-state index in [4.69, 9.17) is 16.0 Å². The lowest BCUT2D eigenvalue weighted by Gasteiger charge is -2.08. The predicted molar refractivity (Wildman–Crippen MR) is 70.5 cm³/mol. The van der Waals surface area contributed by atoms with Crippen LogP contribution in [-0.2, 0) is 10.1 Å². The van der Waals surface area contributed by atoms with Crippen LogP contribution in [0.1, 0.15) is 0 Å². The molecule has 0 bridgehead atoms. The van der Waals surface area contributed by atoms with Crippen LogP contribution in [0.5, 0.6) is 0 Å². The van der Waals surface area contributed by atoms with E-state index in [9.17, 15) is 8.42 Å². The third-order valence-corrected chi connectivity index (χ3v) is 3.39. The summed E-state index contributed by atoms with van der Waals surface area (Å²) in [6.45, 7) is 0. The number of nitrogens with two attached hydrogens (primary N) is 2. The molecule has 0 atom stereocenters. The fraction of sp³-hybridized carbons (Fsp3) is 0. The molecule has 18 heavy (non-hydrogen) atoms. The molecule has 0 saturated carbocycles. The van der Waals surface area contributed by atoms with E-state index < -0.39 is 10.1 Å². The molecule has 0 aromatic heterocycles. The Bertz CT molecular complexity index is 679. The number of nitrogen functional groups attached to an aromatic ring is 2. The molecule has 0 radical (unpaired) electrons. The smallest absolute Gasteiger partial charge is 0.294 e. The summed E-state index contributed by atoms with van der Waals surface area (Å²) in [5.41, 5.74) is 13.7. The van der Waals surface area contributed by atoms with Crippen molar-refractivity contribution in [3.8, 4) is 11.1 Å². The van der Waals surface area contributed by atoms with Crippen molar-refractivity contribution in [1.82, 2.24) is 0 Å². The maximum atomic E-state index is 11.1. The van der Waals surface area contributed by atoms with Crippen LogP contribution in [-0.4, -0.2) is 13.0 Å². The quantitative estimate of drug-likeness (QED) is 0.566. The molecular weight excluding hydrogens is 252 g/mol. The predicted octanol–water partition coefficient (Wildman–Crippen LogP) is 1.76. The molecule has 94 valence electrons. The lowest BCUT2D eigenvalue weighted by molar-refractivity contribution is 0.483. The minimum absolute atomic E-state index is 0.191. The molecule has 0 aliphatic carbocycles. The SMILES string of the molecule is Nc1ccc(-c2cc(S(=O)(=O)O)ccc2N)cc1. The van der Waals surface area contributed by atoms with Gasteiger partial charge in [-0.3, -0.25) is 4.55 Å². The van der Waals surface area contributed by atoms with Crippen LogP contribution in [0, 0.1) is 0 Å². The molecule has 2 rings (SSSR count). The molecule has 0 unspecified atom stereocenters. The highest BCUT2D eigenvalue weighted by Crippen LogP contribution is 2.29. The second kappa shape index (κ2) is 4.32. The van der Waals surface area contributed by atoms with Gasteiger partial charge in [0.25, 0.3) is 10.1 Å². The first-order valence-electron chi connectivity index (χ1n) is 5.11. The van der Waals surface area contributed by atoms with Gasteiger partial charge in [0.15, 0.2) is 0 Å². The van der Waals surface area contributed by atoms with Gasteiger partial charge in [0.05, 0.1) is 4.90 Å². The lowest BCUT2D eigenvalue weighted by atomic mass is 10.0. The van der Waals surface area contributed by atoms with E-state index in [1.54, 1.807) is 24.3 Å². The molecule has 0 aliphatic heterocycles. The first kappa shape index (κ1) is 12.4. The number of rotatable bonds is 2. The summed E-state index contributed by atoms with van der Waals surface area (Å²) >= 11 is 0. The Balaban J connectivity index is 2.60. The molecule has 2 aromatic rings. The largest absolute Gasteiger partial charge is 0.399 e. The second-order valence-corrected chi connectivity index (χ2v) is 5.27. The first-order chi connectivity index (χ1) is 8.38. The molecule has 6 heteroatoms. The minimum atomic E-state index is -4.24. The van der Waals surface area contributed by atoms with Gasteiger partial charge in [-0.25, -0.2) is 0 Å². The zero-order chi connectivity index (χ0) is 13.3. The monoisotopic (exact) mass is 264 g/mol. The zero-order valence-electron chi connectivity index (χ0n) is 9.37. The Morgan fingerprint density at radius 2 is 1.56 bits per heavy atom. The van der Waals surface area contributed by atoms with Gasteiger partial charge in [-0.2, -0.15) is 8.42 Å². The van der Waals surface area contributed by atoms with Crippen LogP contribution < -0.4 is 11.5 Å². The van der Waals surface area contributed by atoms with Gasteiger partial charge in [0, 0.05) is 16.9 Å². The molecule has 0 spiro atoms. The van der Waals surface area contributed by atoms with Crippen LogP contribution in [0.2, 0.25) is 0 Å². The van der Waals surface area contributed by atoms with Crippen LogP contribution in [0.25, 0.3) is 11.1 Å². The van der Waals surface area contributed by atoms with Gasteiger partial charge in [-0.15, -0.1) is 0 Å². The molecule has 2 aromatic carbocycles. The standard InChI is InChI=1S/C12H12N2O3S/c13-9-3-1-8(2-4-9)11-7-10(18(15,16)17)5-6-12(11)14/h1-7H,13-14H2,(H,15,16,17). The normalized spacial score (nSPS) is 11.4. The Hall–Kier alpha value is -2.05. The fourth-order valence-electron chi connectivity index (χ4n) is 1.61. The average Bonchev–Trinajstić information content (AvgIpc) is 2.29. The summed E-state index contributed by atoms with van der Waals surface area (Å²) in [4.78, 5) is -0.191. The highest BCUT2D eigenvalue weighted by molar-refractivity contribution is 7.85. The summed E-state index contributed by atoms with van der Waals surface area (Å²) in [5, 5.41) is 0. The van der Waals surface area contributed by atoms with Gasteiger partial charge < -0.3 is 11.5 Å². The molecule has 0 saturated heterocycles. The third kappa shape index (κ3) is 2.44. The van der Waals surface area contributed by atoms with E-state index >= 15 is 0 Å². The van der Waals surface area contributed by atoms with Crippen molar-refractivity contribution >= 4 is 21.5 Å². The van der Waals surface area contributed by atoms with E-state index in [0.29, 0.717) is 16.9 Å². The number of anilines is 2. The van der Waals surface area contributed by atoms with E-state index in [2.05, 4.69) is 0 Å².